The van der Waals surface area contributed by atoms with E-state index in [4.69, 9.17) is 4.74 Å². The summed E-state index contributed by atoms with van der Waals surface area (Å²) in [5.41, 5.74) is 0.840. The number of nitrogens with zero attached hydrogens (tertiary/aromatic N) is 5. The lowest BCUT2D eigenvalue weighted by molar-refractivity contribution is 0.312. The van der Waals surface area contributed by atoms with Crippen LogP contribution in [0.1, 0.15) is 6.92 Å². The Labute approximate surface area is 136 Å². The molecule has 1 aromatic heterocycles. The van der Waals surface area contributed by atoms with Crippen molar-refractivity contribution in [3.63, 3.8) is 0 Å². The van der Waals surface area contributed by atoms with E-state index >= 15 is 0 Å². The third-order valence-corrected chi connectivity index (χ3v) is 3.81. The second-order valence-corrected chi connectivity index (χ2v) is 5.48. The predicted octanol–water partition coefficient (Wildman–Crippen LogP) is 1.77. The highest BCUT2D eigenvalue weighted by atomic mass is 16.5. The smallest absolute Gasteiger partial charge is 0.249 e. The first-order valence-corrected chi connectivity index (χ1v) is 7.88. The van der Waals surface area contributed by atoms with Gasteiger partial charge < -0.3 is 19.9 Å². The van der Waals surface area contributed by atoms with Crippen LogP contribution in [-0.4, -0.2) is 59.9 Å². The molecule has 1 N–H and O–H groups in total. The van der Waals surface area contributed by atoms with Crippen LogP contribution in [0, 0.1) is 0 Å². The summed E-state index contributed by atoms with van der Waals surface area (Å²) in [4.78, 5) is 9.12. The maximum atomic E-state index is 5.61. The zero-order valence-corrected chi connectivity index (χ0v) is 13.6. The van der Waals surface area contributed by atoms with E-state index in [-0.39, 0.29) is 0 Å². The molecular formula is C16H22N6O. The molecule has 2 aromatic rings. The Bertz CT molecular complexity index is 642. The van der Waals surface area contributed by atoms with Crippen molar-refractivity contribution < 1.29 is 4.74 Å². The Balaban J connectivity index is 1.75. The number of nitrogens with one attached hydrogen (secondary N) is 1. The number of aromatic nitrogens is 3. The first-order valence-electron chi connectivity index (χ1n) is 7.88. The number of rotatable bonds is 5. The molecule has 0 bridgehead atoms. The number of likely N-dealkylation sites (N-methyl/N-ethyl adjacent to an activating group) is 1. The van der Waals surface area contributed by atoms with Gasteiger partial charge in [0.05, 0.1) is 18.5 Å². The molecule has 0 unspecified atom stereocenters. The zero-order chi connectivity index (χ0) is 16.1. The molecule has 23 heavy (non-hydrogen) atoms. The van der Waals surface area contributed by atoms with E-state index in [1.165, 1.54) is 0 Å². The van der Waals surface area contributed by atoms with Gasteiger partial charge in [-0.3, -0.25) is 0 Å². The van der Waals surface area contributed by atoms with Crippen molar-refractivity contribution in [3.8, 4) is 5.75 Å². The van der Waals surface area contributed by atoms with Crippen LogP contribution in [0.2, 0.25) is 0 Å². The van der Waals surface area contributed by atoms with Gasteiger partial charge in [-0.15, -0.1) is 5.10 Å². The van der Waals surface area contributed by atoms with Crippen LogP contribution in [0.15, 0.2) is 30.5 Å². The molecular weight excluding hydrogens is 292 g/mol. The molecule has 0 aliphatic carbocycles. The van der Waals surface area contributed by atoms with Gasteiger partial charge in [0.15, 0.2) is 5.82 Å². The molecule has 0 atom stereocenters. The Morgan fingerprint density at radius 1 is 1.17 bits per heavy atom. The third kappa shape index (κ3) is 3.87. The number of ether oxygens (including phenoxy) is 1. The fraction of sp³-hybridized carbons (Fsp3) is 0.438. The normalized spacial score (nSPS) is 15.5. The monoisotopic (exact) mass is 314 g/mol. The summed E-state index contributed by atoms with van der Waals surface area (Å²) >= 11 is 0. The van der Waals surface area contributed by atoms with E-state index in [0.29, 0.717) is 12.6 Å². The lowest BCUT2D eigenvalue weighted by Gasteiger charge is -2.32. The van der Waals surface area contributed by atoms with Crippen LogP contribution >= 0.6 is 0 Å². The summed E-state index contributed by atoms with van der Waals surface area (Å²) in [6.07, 6.45) is 1.71. The fourth-order valence-corrected chi connectivity index (χ4v) is 2.51. The molecule has 1 fully saturated rings. The SMILES string of the molecule is CCOc1ccccc1Nc1nncc(N2CCN(C)CC2)n1. The van der Waals surface area contributed by atoms with E-state index in [0.717, 1.165) is 43.4 Å². The summed E-state index contributed by atoms with van der Waals surface area (Å²) < 4.78 is 5.61. The van der Waals surface area contributed by atoms with Crippen molar-refractivity contribution in [2.75, 3.05) is 50.1 Å². The summed E-state index contributed by atoms with van der Waals surface area (Å²) in [6.45, 7) is 6.52. The lowest BCUT2D eigenvalue weighted by Crippen LogP contribution is -2.44. The molecule has 0 saturated carbocycles. The molecule has 2 heterocycles. The highest BCUT2D eigenvalue weighted by Gasteiger charge is 2.16. The first-order chi connectivity index (χ1) is 11.3. The quantitative estimate of drug-likeness (QED) is 0.902. The van der Waals surface area contributed by atoms with Crippen molar-refractivity contribution in [1.82, 2.24) is 20.1 Å². The molecule has 122 valence electrons. The third-order valence-electron chi connectivity index (χ3n) is 3.81. The van der Waals surface area contributed by atoms with Crippen LogP contribution in [-0.2, 0) is 0 Å². The zero-order valence-electron chi connectivity index (χ0n) is 13.6. The summed E-state index contributed by atoms with van der Waals surface area (Å²) in [7, 11) is 2.13. The minimum atomic E-state index is 0.480. The number of benzene rings is 1. The van der Waals surface area contributed by atoms with Gasteiger partial charge in [0.2, 0.25) is 5.95 Å². The van der Waals surface area contributed by atoms with Crippen LogP contribution in [0.4, 0.5) is 17.5 Å². The number of hydrogen-bond acceptors (Lipinski definition) is 7. The molecule has 1 saturated heterocycles. The largest absolute Gasteiger partial charge is 0.492 e. The highest BCUT2D eigenvalue weighted by molar-refractivity contribution is 5.62. The minimum absolute atomic E-state index is 0.480. The van der Waals surface area contributed by atoms with Crippen LogP contribution in [0.3, 0.4) is 0 Å². The van der Waals surface area contributed by atoms with Crippen molar-refractivity contribution in [2.45, 2.75) is 6.92 Å². The standard InChI is InChI=1S/C16H22N6O/c1-3-23-14-7-5-4-6-13(14)18-16-19-15(12-17-20-16)22-10-8-21(2)9-11-22/h4-7,12H,3,8-11H2,1-2H3,(H,18,19,20). The van der Waals surface area contributed by atoms with Gasteiger partial charge >= 0.3 is 0 Å². The number of para-hydroxylation sites is 2. The predicted molar refractivity (Wildman–Crippen MR) is 90.4 cm³/mol. The van der Waals surface area contributed by atoms with Crippen LogP contribution < -0.4 is 15.0 Å². The van der Waals surface area contributed by atoms with Gasteiger partial charge in [0.1, 0.15) is 5.75 Å². The Morgan fingerprint density at radius 2 is 1.96 bits per heavy atom. The van der Waals surface area contributed by atoms with Crippen molar-refractivity contribution in [2.24, 2.45) is 0 Å². The average Bonchev–Trinajstić information content (AvgIpc) is 2.58. The summed E-state index contributed by atoms with van der Waals surface area (Å²) in [6, 6.07) is 7.75. The minimum Gasteiger partial charge on any atom is -0.492 e. The van der Waals surface area contributed by atoms with Gasteiger partial charge in [0, 0.05) is 26.2 Å². The number of anilines is 3. The average molecular weight is 314 g/mol. The first kappa shape index (κ1) is 15.5. The van der Waals surface area contributed by atoms with E-state index in [9.17, 15) is 0 Å². The molecule has 1 aliphatic rings. The van der Waals surface area contributed by atoms with Crippen LogP contribution in [0.25, 0.3) is 0 Å². The topological polar surface area (TPSA) is 66.4 Å². The summed E-state index contributed by atoms with van der Waals surface area (Å²) in [5.74, 6) is 2.11. The lowest BCUT2D eigenvalue weighted by atomic mass is 10.3. The van der Waals surface area contributed by atoms with Gasteiger partial charge in [-0.2, -0.15) is 10.1 Å². The molecule has 0 spiro atoms. The molecule has 0 radical (unpaired) electrons. The van der Waals surface area contributed by atoms with Gasteiger partial charge in [-0.25, -0.2) is 0 Å². The number of piperazine rings is 1. The second-order valence-electron chi connectivity index (χ2n) is 5.48. The van der Waals surface area contributed by atoms with E-state index < -0.39 is 0 Å². The van der Waals surface area contributed by atoms with E-state index in [1.807, 2.05) is 31.2 Å². The number of hydrogen-bond donors (Lipinski definition) is 1. The van der Waals surface area contributed by atoms with Gasteiger partial charge in [-0.1, -0.05) is 12.1 Å². The Hall–Kier alpha value is -2.41. The molecule has 1 aromatic carbocycles. The van der Waals surface area contributed by atoms with E-state index in [2.05, 4.69) is 37.3 Å². The fourth-order valence-electron chi connectivity index (χ4n) is 2.51. The van der Waals surface area contributed by atoms with Crippen molar-refractivity contribution >= 4 is 17.5 Å². The Kier molecular flexibility index (Phi) is 4.87. The van der Waals surface area contributed by atoms with Crippen molar-refractivity contribution in [3.05, 3.63) is 30.5 Å². The van der Waals surface area contributed by atoms with Gasteiger partial charge in [0.25, 0.3) is 0 Å². The second kappa shape index (κ2) is 7.23. The molecule has 1 aliphatic heterocycles. The maximum Gasteiger partial charge on any atom is 0.249 e. The molecule has 0 amide bonds. The van der Waals surface area contributed by atoms with Crippen LogP contribution in [0.5, 0.6) is 5.75 Å². The maximum absolute atomic E-state index is 5.61. The Morgan fingerprint density at radius 3 is 2.74 bits per heavy atom. The van der Waals surface area contributed by atoms with Crippen molar-refractivity contribution in [1.29, 1.82) is 0 Å². The summed E-state index contributed by atoms with van der Waals surface area (Å²) in [5, 5.41) is 11.4. The van der Waals surface area contributed by atoms with E-state index in [1.54, 1.807) is 6.20 Å². The highest BCUT2D eigenvalue weighted by Crippen LogP contribution is 2.26. The molecule has 7 heteroatoms. The molecule has 3 rings (SSSR count). The van der Waals surface area contributed by atoms with Gasteiger partial charge in [-0.05, 0) is 26.1 Å². The molecule has 7 nitrogen and oxygen atoms in total.